The van der Waals surface area contributed by atoms with Crippen molar-refractivity contribution in [2.75, 3.05) is 5.32 Å². The fourth-order valence-electron chi connectivity index (χ4n) is 2.06. The van der Waals surface area contributed by atoms with Crippen molar-refractivity contribution >= 4 is 45.7 Å². The van der Waals surface area contributed by atoms with E-state index in [0.29, 0.717) is 22.0 Å². The number of amides is 1. The Morgan fingerprint density at radius 2 is 1.86 bits per heavy atom. The topological polar surface area (TPSA) is 44.9 Å². The first kappa shape index (κ1) is 14.8. The summed E-state index contributed by atoms with van der Waals surface area (Å²) < 4.78 is 26.4. The van der Waals surface area contributed by atoms with Crippen LogP contribution in [-0.4, -0.2) is 10.9 Å². The summed E-state index contributed by atoms with van der Waals surface area (Å²) in [4.78, 5) is 15.0. The zero-order chi connectivity index (χ0) is 15.9. The molecule has 0 aliphatic heterocycles. The van der Waals surface area contributed by atoms with Crippen molar-refractivity contribution in [2.45, 2.75) is 0 Å². The van der Waals surface area contributed by atoms with Crippen LogP contribution in [0.25, 0.3) is 10.9 Å². The van der Waals surface area contributed by atoms with E-state index in [1.54, 1.807) is 18.2 Å². The minimum absolute atomic E-state index is 0.0719. The standard InChI is InChI=1S/C15H8Cl2F2N2O/c16-7-1-3-11-9(5-7)13(17)14(20-11)15(22)21-12-4-2-8(18)6-10(12)19/h1-6,20H,(H,21,22). The van der Waals surface area contributed by atoms with Gasteiger partial charge in [-0.05, 0) is 30.3 Å². The second-order valence-electron chi connectivity index (χ2n) is 4.58. The zero-order valence-electron chi connectivity index (χ0n) is 10.9. The molecule has 0 fully saturated rings. The number of nitrogens with one attached hydrogen (secondary N) is 2. The lowest BCUT2D eigenvalue weighted by Gasteiger charge is -2.05. The first-order chi connectivity index (χ1) is 10.5. The normalized spacial score (nSPS) is 10.9. The lowest BCUT2D eigenvalue weighted by molar-refractivity contribution is 0.102. The molecule has 112 valence electrons. The number of carbonyl (C=O) groups is 1. The van der Waals surface area contributed by atoms with E-state index >= 15 is 0 Å². The summed E-state index contributed by atoms with van der Waals surface area (Å²) in [7, 11) is 0. The molecule has 3 rings (SSSR count). The summed E-state index contributed by atoms with van der Waals surface area (Å²) in [6.45, 7) is 0. The van der Waals surface area contributed by atoms with E-state index in [2.05, 4.69) is 10.3 Å². The largest absolute Gasteiger partial charge is 0.349 e. The highest BCUT2D eigenvalue weighted by Gasteiger charge is 2.18. The van der Waals surface area contributed by atoms with Gasteiger partial charge in [0.1, 0.15) is 17.3 Å². The third-order valence-corrected chi connectivity index (χ3v) is 3.73. The van der Waals surface area contributed by atoms with Crippen LogP contribution in [0.5, 0.6) is 0 Å². The molecule has 2 N–H and O–H groups in total. The van der Waals surface area contributed by atoms with Crippen molar-refractivity contribution in [3.05, 3.63) is 63.8 Å². The molecule has 0 aliphatic carbocycles. The summed E-state index contributed by atoms with van der Waals surface area (Å²) >= 11 is 12.0. The van der Waals surface area contributed by atoms with Gasteiger partial charge in [0.15, 0.2) is 0 Å². The molecule has 7 heteroatoms. The maximum atomic E-state index is 13.6. The van der Waals surface area contributed by atoms with Crippen molar-refractivity contribution in [3.63, 3.8) is 0 Å². The lowest BCUT2D eigenvalue weighted by Crippen LogP contribution is -2.14. The van der Waals surface area contributed by atoms with Crippen molar-refractivity contribution < 1.29 is 13.6 Å². The fourth-order valence-corrected chi connectivity index (χ4v) is 2.52. The van der Waals surface area contributed by atoms with Gasteiger partial charge in [-0.2, -0.15) is 0 Å². The second kappa shape index (κ2) is 5.59. The molecule has 1 aromatic heterocycles. The van der Waals surface area contributed by atoms with Gasteiger partial charge in [0.25, 0.3) is 5.91 Å². The van der Waals surface area contributed by atoms with E-state index in [0.717, 1.165) is 12.1 Å². The monoisotopic (exact) mass is 340 g/mol. The highest BCUT2D eigenvalue weighted by Crippen LogP contribution is 2.30. The Balaban J connectivity index is 1.97. The summed E-state index contributed by atoms with van der Waals surface area (Å²) in [6.07, 6.45) is 0. The first-order valence-corrected chi connectivity index (χ1v) is 6.94. The number of anilines is 1. The van der Waals surface area contributed by atoms with Crippen LogP contribution in [0.2, 0.25) is 10.0 Å². The molecule has 0 spiro atoms. The number of hydrogen-bond acceptors (Lipinski definition) is 1. The van der Waals surface area contributed by atoms with E-state index < -0.39 is 17.5 Å². The van der Waals surface area contributed by atoms with Crippen LogP contribution < -0.4 is 5.32 Å². The van der Waals surface area contributed by atoms with Crippen LogP contribution in [0.1, 0.15) is 10.5 Å². The van der Waals surface area contributed by atoms with Gasteiger partial charge in [-0.1, -0.05) is 23.2 Å². The average Bonchev–Trinajstić information content (AvgIpc) is 2.79. The highest BCUT2D eigenvalue weighted by molar-refractivity contribution is 6.40. The van der Waals surface area contributed by atoms with Gasteiger partial charge in [0, 0.05) is 22.0 Å². The molecular weight excluding hydrogens is 333 g/mol. The van der Waals surface area contributed by atoms with Crippen molar-refractivity contribution in [1.29, 1.82) is 0 Å². The fraction of sp³-hybridized carbons (Fsp3) is 0. The van der Waals surface area contributed by atoms with E-state index in [9.17, 15) is 13.6 Å². The Kier molecular flexibility index (Phi) is 3.76. The minimum Gasteiger partial charge on any atom is -0.349 e. The second-order valence-corrected chi connectivity index (χ2v) is 5.40. The van der Waals surface area contributed by atoms with Gasteiger partial charge in [0.2, 0.25) is 0 Å². The molecular formula is C15H8Cl2F2N2O. The molecule has 22 heavy (non-hydrogen) atoms. The predicted molar refractivity (Wildman–Crippen MR) is 82.6 cm³/mol. The summed E-state index contributed by atoms with van der Waals surface area (Å²) in [5.41, 5.74) is 0.556. The van der Waals surface area contributed by atoms with Gasteiger partial charge < -0.3 is 10.3 Å². The molecule has 0 radical (unpaired) electrons. The van der Waals surface area contributed by atoms with Gasteiger partial charge in [-0.25, -0.2) is 8.78 Å². The SMILES string of the molecule is O=C(Nc1ccc(F)cc1F)c1[nH]c2ccc(Cl)cc2c1Cl. The molecule has 0 saturated carbocycles. The first-order valence-electron chi connectivity index (χ1n) is 6.19. The maximum absolute atomic E-state index is 13.6. The van der Waals surface area contributed by atoms with Crippen LogP contribution in [-0.2, 0) is 0 Å². The number of rotatable bonds is 2. The molecule has 1 heterocycles. The molecule has 2 aromatic carbocycles. The van der Waals surface area contributed by atoms with Crippen molar-refractivity contribution in [2.24, 2.45) is 0 Å². The Morgan fingerprint density at radius 3 is 2.59 bits per heavy atom. The molecule has 3 nitrogen and oxygen atoms in total. The molecule has 0 saturated heterocycles. The molecule has 0 aliphatic rings. The van der Waals surface area contributed by atoms with Crippen molar-refractivity contribution in [3.8, 4) is 0 Å². The zero-order valence-corrected chi connectivity index (χ0v) is 12.4. The lowest BCUT2D eigenvalue weighted by atomic mass is 10.2. The van der Waals surface area contributed by atoms with E-state index in [4.69, 9.17) is 23.2 Å². The molecule has 1 amide bonds. The Bertz CT molecular complexity index is 893. The molecule has 0 atom stereocenters. The van der Waals surface area contributed by atoms with Crippen LogP contribution in [0.15, 0.2) is 36.4 Å². The Morgan fingerprint density at radius 1 is 1.09 bits per heavy atom. The van der Waals surface area contributed by atoms with Gasteiger partial charge in [-0.15, -0.1) is 0 Å². The maximum Gasteiger partial charge on any atom is 0.273 e. The Hall–Kier alpha value is -2.11. The average molecular weight is 341 g/mol. The predicted octanol–water partition coefficient (Wildman–Crippen LogP) is 5.01. The summed E-state index contributed by atoms with van der Waals surface area (Å²) in [5, 5.41) is 3.58. The van der Waals surface area contributed by atoms with Crippen LogP contribution in [0.4, 0.5) is 14.5 Å². The molecule has 3 aromatic rings. The number of carbonyl (C=O) groups excluding carboxylic acids is 1. The summed E-state index contributed by atoms with van der Waals surface area (Å²) in [6, 6.07) is 7.81. The number of fused-ring (bicyclic) bond motifs is 1. The van der Waals surface area contributed by atoms with E-state index in [1.807, 2.05) is 0 Å². The van der Waals surface area contributed by atoms with Crippen LogP contribution in [0.3, 0.4) is 0 Å². The molecule has 0 unspecified atom stereocenters. The third kappa shape index (κ3) is 2.65. The smallest absolute Gasteiger partial charge is 0.273 e. The number of aromatic amines is 1. The summed E-state index contributed by atoms with van der Waals surface area (Å²) in [5.74, 6) is -2.24. The van der Waals surface area contributed by atoms with Gasteiger partial charge in [-0.3, -0.25) is 4.79 Å². The highest BCUT2D eigenvalue weighted by atomic mass is 35.5. The van der Waals surface area contributed by atoms with Crippen LogP contribution in [0, 0.1) is 11.6 Å². The quantitative estimate of drug-likeness (QED) is 0.677. The third-order valence-electron chi connectivity index (χ3n) is 3.10. The van der Waals surface area contributed by atoms with Crippen LogP contribution >= 0.6 is 23.2 Å². The Labute approximate surface area is 133 Å². The number of hydrogen-bond donors (Lipinski definition) is 2. The molecule has 0 bridgehead atoms. The van der Waals surface area contributed by atoms with Crippen molar-refractivity contribution in [1.82, 2.24) is 4.98 Å². The van der Waals surface area contributed by atoms with Gasteiger partial charge in [0.05, 0.1) is 10.7 Å². The minimum atomic E-state index is -0.872. The van der Waals surface area contributed by atoms with E-state index in [-0.39, 0.29) is 16.4 Å². The number of halogens is 4. The number of aromatic nitrogens is 1. The van der Waals surface area contributed by atoms with E-state index in [1.165, 1.54) is 0 Å². The van der Waals surface area contributed by atoms with Gasteiger partial charge >= 0.3 is 0 Å². The number of benzene rings is 2. The number of H-pyrrole nitrogens is 1.